The Hall–Kier alpha value is 1.02. The Balaban J connectivity index is -0.000000218. The second kappa shape index (κ2) is 19.4. The molecule has 0 aromatic rings. The molecule has 0 aromatic heterocycles. The summed E-state index contributed by atoms with van der Waals surface area (Å²) in [4.78, 5) is 0. The Kier molecular flexibility index (Phi) is 26.3. The zero-order chi connectivity index (χ0) is 12.8. The summed E-state index contributed by atoms with van der Waals surface area (Å²) in [7, 11) is 0. The summed E-state index contributed by atoms with van der Waals surface area (Å²) in [6.07, 6.45) is 4.28. The van der Waals surface area contributed by atoms with Crippen LogP contribution >= 0.6 is 24.4 Å². The Morgan fingerprint density at radius 2 is 1.18 bits per heavy atom. The molecule has 0 amide bonds. The van der Waals surface area contributed by atoms with Crippen molar-refractivity contribution in [3.63, 3.8) is 0 Å². The third-order valence-corrected chi connectivity index (χ3v) is 1.72. The average molecular weight is 307 g/mol. The quantitative estimate of drug-likeness (QED) is 0.440. The molecule has 4 N–H and O–H groups in total. The van der Waals surface area contributed by atoms with Crippen molar-refractivity contribution in [1.82, 2.24) is 0 Å². The van der Waals surface area contributed by atoms with Crippen LogP contribution in [0.5, 0.6) is 0 Å². The number of hydrogen-bond donors (Lipinski definition) is 2. The number of thiocarbonyl (C=S) groups is 2. The number of rotatable bonds is 6. The molecule has 0 aliphatic carbocycles. The molecule has 0 radical (unpaired) electrons. The molecule has 0 bridgehead atoms. The van der Waals surface area contributed by atoms with E-state index in [1.165, 1.54) is 0 Å². The second-order valence-corrected chi connectivity index (χ2v) is 3.85. The van der Waals surface area contributed by atoms with Crippen LogP contribution in [-0.4, -0.2) is 74.9 Å². The van der Waals surface area contributed by atoms with Gasteiger partial charge >= 0.3 is 51.4 Å². The van der Waals surface area contributed by atoms with Gasteiger partial charge in [-0.15, -0.1) is 0 Å². The van der Waals surface area contributed by atoms with E-state index in [1.807, 2.05) is 0 Å². The summed E-state index contributed by atoms with van der Waals surface area (Å²) in [6.45, 7) is 5.49. The van der Waals surface area contributed by atoms with Gasteiger partial charge < -0.3 is 20.9 Å². The van der Waals surface area contributed by atoms with E-state index in [2.05, 4.69) is 38.3 Å². The molecule has 17 heavy (non-hydrogen) atoms. The third-order valence-electron chi connectivity index (χ3n) is 1.48. The summed E-state index contributed by atoms with van der Waals surface area (Å²) < 4.78 is 9.58. The van der Waals surface area contributed by atoms with Gasteiger partial charge in [-0.3, -0.25) is 0 Å². The molecule has 0 fully saturated rings. The van der Waals surface area contributed by atoms with E-state index in [0.29, 0.717) is 13.2 Å². The van der Waals surface area contributed by atoms with Gasteiger partial charge in [0, 0.05) is 0 Å². The first kappa shape index (κ1) is 23.1. The average Bonchev–Trinajstić information content (AvgIpc) is 2.18. The molecule has 0 atom stereocenters. The summed E-state index contributed by atoms with van der Waals surface area (Å²) in [6, 6.07) is 0. The second-order valence-electron chi connectivity index (χ2n) is 3.04. The van der Waals surface area contributed by atoms with Gasteiger partial charge in [0.2, 0.25) is 0 Å². The summed E-state index contributed by atoms with van der Waals surface area (Å²) in [5, 5.41) is 0.303. The number of ether oxygens (including phenoxy) is 2. The summed E-state index contributed by atoms with van der Waals surface area (Å²) >= 11 is 8.93. The van der Waals surface area contributed by atoms with E-state index in [4.69, 9.17) is 20.9 Å². The molecule has 0 saturated carbocycles. The number of hydrogen-bond acceptors (Lipinski definition) is 4. The van der Waals surface area contributed by atoms with Crippen LogP contribution in [0, 0.1) is 0 Å². The topological polar surface area (TPSA) is 70.5 Å². The fraction of sp³-hybridized carbons (Fsp3) is 0.800. The molecule has 0 heterocycles. The predicted octanol–water partition coefficient (Wildman–Crippen LogP) is 1.44. The number of nitrogens with two attached hydrogens (primary N) is 2. The van der Waals surface area contributed by atoms with Gasteiger partial charge in [0.25, 0.3) is 10.3 Å². The van der Waals surface area contributed by atoms with E-state index < -0.39 is 0 Å². The molecular formula is C10H23KN2O2S2. The van der Waals surface area contributed by atoms with Crippen molar-refractivity contribution in [2.75, 3.05) is 13.2 Å². The van der Waals surface area contributed by atoms with E-state index in [0.717, 1.165) is 25.7 Å². The summed E-state index contributed by atoms with van der Waals surface area (Å²) in [5.41, 5.74) is 10.1. The van der Waals surface area contributed by atoms with Crippen LogP contribution in [0.25, 0.3) is 0 Å². The molecule has 0 saturated heterocycles. The molecule has 98 valence electrons. The molecule has 0 rings (SSSR count). The van der Waals surface area contributed by atoms with Crippen molar-refractivity contribution in [2.24, 2.45) is 11.5 Å². The van der Waals surface area contributed by atoms with E-state index in [9.17, 15) is 0 Å². The maximum absolute atomic E-state index is 5.04. The minimum atomic E-state index is 0. The first-order valence-corrected chi connectivity index (χ1v) is 6.20. The van der Waals surface area contributed by atoms with Gasteiger partial charge in [0.1, 0.15) is 0 Å². The van der Waals surface area contributed by atoms with Crippen LogP contribution in [-0.2, 0) is 9.47 Å². The van der Waals surface area contributed by atoms with Crippen molar-refractivity contribution < 1.29 is 9.47 Å². The molecule has 0 aliphatic rings. The van der Waals surface area contributed by atoms with Gasteiger partial charge in [0.15, 0.2) is 0 Å². The van der Waals surface area contributed by atoms with Gasteiger partial charge in [-0.25, -0.2) is 0 Å². The van der Waals surface area contributed by atoms with Gasteiger partial charge in [-0.2, -0.15) is 0 Å². The van der Waals surface area contributed by atoms with E-state index >= 15 is 0 Å². The van der Waals surface area contributed by atoms with Crippen molar-refractivity contribution in [1.29, 1.82) is 0 Å². The van der Waals surface area contributed by atoms with Gasteiger partial charge in [-0.05, 0) is 37.3 Å². The van der Waals surface area contributed by atoms with Crippen LogP contribution in [0.4, 0.5) is 0 Å². The molecule has 0 spiro atoms. The molecule has 0 aliphatic heterocycles. The zero-order valence-electron chi connectivity index (χ0n) is 10.0. The van der Waals surface area contributed by atoms with Crippen LogP contribution in [0.1, 0.15) is 39.5 Å². The predicted molar refractivity (Wildman–Crippen MR) is 82.4 cm³/mol. The first-order chi connectivity index (χ1) is 7.54. The summed E-state index contributed by atoms with van der Waals surface area (Å²) in [5.74, 6) is 0. The molecule has 0 aromatic carbocycles. The SMILES string of the molecule is CCCCOC(N)=S.CCCCOC(N)=S.[KH]. The molecular weight excluding hydrogens is 283 g/mol. The van der Waals surface area contributed by atoms with Crippen molar-refractivity contribution in [3.05, 3.63) is 0 Å². The molecule has 0 unspecified atom stereocenters. The van der Waals surface area contributed by atoms with Gasteiger partial charge in [-0.1, -0.05) is 26.7 Å². The Morgan fingerprint density at radius 1 is 0.882 bits per heavy atom. The standard InChI is InChI=1S/2C5H11NOS.K.H/c2*1-2-3-4-7-5(6)8;;/h2*2-4H2,1H3,(H2,6,8);;. The Morgan fingerprint density at radius 3 is 1.35 bits per heavy atom. The van der Waals surface area contributed by atoms with Crippen LogP contribution in [0.2, 0.25) is 0 Å². The maximum atomic E-state index is 5.04. The van der Waals surface area contributed by atoms with Crippen LogP contribution in [0.15, 0.2) is 0 Å². The fourth-order valence-corrected chi connectivity index (χ4v) is 0.801. The monoisotopic (exact) mass is 306 g/mol. The normalized spacial score (nSPS) is 8.12. The van der Waals surface area contributed by atoms with E-state index in [-0.39, 0.29) is 61.7 Å². The fourth-order valence-electron chi connectivity index (χ4n) is 0.634. The Labute approximate surface area is 158 Å². The molecule has 7 heteroatoms. The van der Waals surface area contributed by atoms with Crippen LogP contribution < -0.4 is 11.5 Å². The van der Waals surface area contributed by atoms with E-state index in [1.54, 1.807) is 0 Å². The van der Waals surface area contributed by atoms with Crippen molar-refractivity contribution in [3.8, 4) is 0 Å². The van der Waals surface area contributed by atoms with Crippen molar-refractivity contribution >= 4 is 86.2 Å². The minimum absolute atomic E-state index is 0. The van der Waals surface area contributed by atoms with Gasteiger partial charge in [0.05, 0.1) is 13.2 Å². The van der Waals surface area contributed by atoms with Crippen LogP contribution in [0.3, 0.4) is 0 Å². The zero-order valence-corrected chi connectivity index (χ0v) is 11.7. The third kappa shape index (κ3) is 31.6. The Bertz CT molecular complexity index is 175. The first-order valence-electron chi connectivity index (χ1n) is 5.39. The molecule has 4 nitrogen and oxygen atoms in total. The van der Waals surface area contributed by atoms with Crippen molar-refractivity contribution in [2.45, 2.75) is 39.5 Å². The number of unbranched alkanes of at least 4 members (excludes halogenated alkanes) is 2.